The van der Waals surface area contributed by atoms with Crippen molar-refractivity contribution < 1.29 is 14.3 Å². The highest BCUT2D eigenvalue weighted by Gasteiger charge is 2.12. The van der Waals surface area contributed by atoms with E-state index in [1.165, 1.54) is 0 Å². The van der Waals surface area contributed by atoms with E-state index in [-0.39, 0.29) is 18.6 Å². The number of rotatable bonds is 4. The summed E-state index contributed by atoms with van der Waals surface area (Å²) in [6.45, 7) is 3.64. The Labute approximate surface area is 104 Å². The van der Waals surface area contributed by atoms with Gasteiger partial charge in [0.15, 0.2) is 6.29 Å². The maximum atomic E-state index is 11.6. The van der Waals surface area contributed by atoms with Crippen LogP contribution >= 0.6 is 0 Å². The summed E-state index contributed by atoms with van der Waals surface area (Å²) in [5, 5.41) is 0.741. The molecule has 0 aliphatic rings. The molecule has 0 aromatic carbocycles. The van der Waals surface area contributed by atoms with Crippen molar-refractivity contribution in [1.82, 2.24) is 9.55 Å². The first-order chi connectivity index (χ1) is 8.61. The molecule has 5 heteroatoms. The SMILES string of the molecule is CC(C)OC(=O)Cn1cc(C=O)c2cccnc21. The molecule has 0 bridgehead atoms. The van der Waals surface area contributed by atoms with Crippen LogP contribution in [0.25, 0.3) is 11.0 Å². The van der Waals surface area contributed by atoms with E-state index in [1.807, 2.05) is 0 Å². The second-order valence-electron chi connectivity index (χ2n) is 4.24. The Morgan fingerprint density at radius 3 is 3.00 bits per heavy atom. The Morgan fingerprint density at radius 2 is 2.33 bits per heavy atom. The van der Waals surface area contributed by atoms with Gasteiger partial charge >= 0.3 is 5.97 Å². The van der Waals surface area contributed by atoms with Gasteiger partial charge in [0.25, 0.3) is 0 Å². The summed E-state index contributed by atoms with van der Waals surface area (Å²) >= 11 is 0. The van der Waals surface area contributed by atoms with Crippen molar-refractivity contribution >= 4 is 23.3 Å². The molecule has 18 heavy (non-hydrogen) atoms. The van der Waals surface area contributed by atoms with E-state index in [4.69, 9.17) is 4.74 Å². The average Bonchev–Trinajstić information content (AvgIpc) is 2.67. The molecule has 2 aromatic rings. The second kappa shape index (κ2) is 5.00. The van der Waals surface area contributed by atoms with Gasteiger partial charge in [-0.2, -0.15) is 0 Å². The zero-order valence-corrected chi connectivity index (χ0v) is 10.3. The Morgan fingerprint density at radius 1 is 1.56 bits per heavy atom. The number of pyridine rings is 1. The summed E-state index contributed by atoms with van der Waals surface area (Å²) in [6, 6.07) is 3.56. The first kappa shape index (κ1) is 12.3. The van der Waals surface area contributed by atoms with Gasteiger partial charge in [-0.1, -0.05) is 0 Å². The van der Waals surface area contributed by atoms with Gasteiger partial charge < -0.3 is 9.30 Å². The molecule has 2 rings (SSSR count). The number of nitrogens with zero attached hydrogens (tertiary/aromatic N) is 2. The van der Waals surface area contributed by atoms with Crippen molar-refractivity contribution in [3.8, 4) is 0 Å². The van der Waals surface area contributed by atoms with Gasteiger partial charge in [0.1, 0.15) is 12.2 Å². The van der Waals surface area contributed by atoms with E-state index < -0.39 is 0 Å². The second-order valence-corrected chi connectivity index (χ2v) is 4.24. The largest absolute Gasteiger partial charge is 0.462 e. The summed E-state index contributed by atoms with van der Waals surface area (Å²) in [7, 11) is 0. The molecule has 0 aliphatic carbocycles. The van der Waals surface area contributed by atoms with Crippen LogP contribution in [0.4, 0.5) is 0 Å². The number of aldehydes is 1. The van der Waals surface area contributed by atoms with E-state index in [0.717, 1.165) is 11.7 Å². The van der Waals surface area contributed by atoms with E-state index in [1.54, 1.807) is 42.9 Å². The van der Waals surface area contributed by atoms with Gasteiger partial charge in [-0.25, -0.2) is 4.98 Å². The van der Waals surface area contributed by atoms with Crippen molar-refractivity contribution in [3.63, 3.8) is 0 Å². The van der Waals surface area contributed by atoms with E-state index >= 15 is 0 Å². The van der Waals surface area contributed by atoms with Gasteiger partial charge in [0, 0.05) is 23.3 Å². The van der Waals surface area contributed by atoms with E-state index in [2.05, 4.69) is 4.98 Å². The fraction of sp³-hybridized carbons (Fsp3) is 0.308. The normalized spacial score (nSPS) is 10.8. The average molecular weight is 246 g/mol. The van der Waals surface area contributed by atoms with E-state index in [9.17, 15) is 9.59 Å². The smallest absolute Gasteiger partial charge is 0.326 e. The Hall–Kier alpha value is -2.17. The lowest BCUT2D eigenvalue weighted by atomic mass is 10.2. The van der Waals surface area contributed by atoms with Crippen LogP contribution in [0.1, 0.15) is 24.2 Å². The van der Waals surface area contributed by atoms with Crippen LogP contribution in [0.5, 0.6) is 0 Å². The summed E-state index contributed by atoms with van der Waals surface area (Å²) in [6.07, 6.45) is 3.85. The monoisotopic (exact) mass is 246 g/mol. The fourth-order valence-corrected chi connectivity index (χ4v) is 1.80. The van der Waals surface area contributed by atoms with Gasteiger partial charge in [-0.15, -0.1) is 0 Å². The molecule has 0 fully saturated rings. The molecule has 0 amide bonds. The number of esters is 1. The first-order valence-corrected chi connectivity index (χ1v) is 5.70. The van der Waals surface area contributed by atoms with Crippen LogP contribution in [0, 0.1) is 0 Å². The number of fused-ring (bicyclic) bond motifs is 1. The third kappa shape index (κ3) is 2.40. The molecule has 0 atom stereocenters. The van der Waals surface area contributed by atoms with Crippen LogP contribution in [0.15, 0.2) is 24.5 Å². The van der Waals surface area contributed by atoms with Gasteiger partial charge in [0.2, 0.25) is 0 Å². The zero-order chi connectivity index (χ0) is 13.1. The summed E-state index contributed by atoms with van der Waals surface area (Å²) in [4.78, 5) is 26.7. The van der Waals surface area contributed by atoms with E-state index in [0.29, 0.717) is 11.2 Å². The van der Waals surface area contributed by atoms with Crippen LogP contribution in [0.2, 0.25) is 0 Å². The zero-order valence-electron chi connectivity index (χ0n) is 10.3. The minimum atomic E-state index is -0.343. The van der Waals surface area contributed by atoms with Crippen molar-refractivity contribution in [2.24, 2.45) is 0 Å². The highest BCUT2D eigenvalue weighted by Crippen LogP contribution is 2.17. The predicted octanol–water partition coefficient (Wildman–Crippen LogP) is 1.80. The lowest BCUT2D eigenvalue weighted by Gasteiger charge is -2.08. The fourth-order valence-electron chi connectivity index (χ4n) is 1.80. The number of hydrogen-bond acceptors (Lipinski definition) is 4. The Bertz CT molecular complexity index is 587. The highest BCUT2D eigenvalue weighted by molar-refractivity contribution is 5.96. The Kier molecular flexibility index (Phi) is 3.41. The minimum Gasteiger partial charge on any atom is -0.462 e. The topological polar surface area (TPSA) is 61.2 Å². The van der Waals surface area contributed by atoms with Crippen molar-refractivity contribution in [3.05, 3.63) is 30.1 Å². The molecule has 0 saturated heterocycles. The van der Waals surface area contributed by atoms with Crippen molar-refractivity contribution in [2.45, 2.75) is 26.5 Å². The molecule has 0 aliphatic heterocycles. The lowest BCUT2D eigenvalue weighted by Crippen LogP contribution is -2.17. The van der Waals surface area contributed by atoms with Crippen LogP contribution < -0.4 is 0 Å². The lowest BCUT2D eigenvalue weighted by molar-refractivity contribution is -0.148. The molecule has 0 saturated carbocycles. The predicted molar refractivity (Wildman–Crippen MR) is 66.3 cm³/mol. The molecule has 0 radical (unpaired) electrons. The molecule has 94 valence electrons. The molecular weight excluding hydrogens is 232 g/mol. The summed E-state index contributed by atoms with van der Waals surface area (Å²) in [5.41, 5.74) is 1.13. The molecule has 0 unspecified atom stereocenters. The van der Waals surface area contributed by atoms with Gasteiger partial charge in [-0.05, 0) is 26.0 Å². The minimum absolute atomic E-state index is 0.0551. The molecule has 0 spiro atoms. The molecule has 0 N–H and O–H groups in total. The number of aromatic nitrogens is 2. The maximum absolute atomic E-state index is 11.6. The molecule has 5 nitrogen and oxygen atoms in total. The molecule has 2 aromatic heterocycles. The molecular formula is C13H14N2O3. The quantitative estimate of drug-likeness (QED) is 0.609. The number of carbonyl (C=O) groups is 2. The third-order valence-corrected chi connectivity index (χ3v) is 2.46. The number of ether oxygens (including phenoxy) is 1. The number of hydrogen-bond donors (Lipinski definition) is 0. The van der Waals surface area contributed by atoms with Gasteiger partial charge in [-0.3, -0.25) is 9.59 Å². The maximum Gasteiger partial charge on any atom is 0.326 e. The standard InChI is InChI=1S/C13H14N2O3/c1-9(2)18-12(17)7-15-6-10(8-16)11-4-3-5-14-13(11)15/h3-6,8-9H,7H2,1-2H3. The highest BCUT2D eigenvalue weighted by atomic mass is 16.5. The number of carbonyl (C=O) groups excluding carboxylic acids is 2. The third-order valence-electron chi connectivity index (χ3n) is 2.46. The van der Waals surface area contributed by atoms with Crippen LogP contribution in [-0.4, -0.2) is 27.9 Å². The summed E-state index contributed by atoms with van der Waals surface area (Å²) < 4.78 is 6.70. The summed E-state index contributed by atoms with van der Waals surface area (Å²) in [5.74, 6) is -0.343. The van der Waals surface area contributed by atoms with Crippen LogP contribution in [0.3, 0.4) is 0 Å². The van der Waals surface area contributed by atoms with Crippen molar-refractivity contribution in [2.75, 3.05) is 0 Å². The van der Waals surface area contributed by atoms with Crippen molar-refractivity contribution in [1.29, 1.82) is 0 Å². The first-order valence-electron chi connectivity index (χ1n) is 5.70. The van der Waals surface area contributed by atoms with Crippen LogP contribution in [-0.2, 0) is 16.1 Å². The van der Waals surface area contributed by atoms with Gasteiger partial charge in [0.05, 0.1) is 6.10 Å². The Balaban J connectivity index is 2.33. The molecule has 2 heterocycles.